The van der Waals surface area contributed by atoms with Crippen LogP contribution in [-0.2, 0) is 24.0 Å². The predicted molar refractivity (Wildman–Crippen MR) is 197 cm³/mol. The van der Waals surface area contributed by atoms with Crippen molar-refractivity contribution >= 4 is 35.4 Å². The van der Waals surface area contributed by atoms with Gasteiger partial charge in [0.15, 0.2) is 0 Å². The molecule has 13 nitrogen and oxygen atoms in total. The standard InChI is InChI=1S/C39H65N7O6/c1-22-19-45(20-23(2)41-22)32(50)28(35(3,4)5)43-34(52)44-29(36(6,7)8)33(51)46-21-39(37(9,10)38(39)15-12-16-38)18-26(46)31(49)42-25(27(47)30(40)48)17-24-13-11-14-24/h22-26,28-29,41H,11-21H2,1-10H3,(H2,40,48)(H,42,49)(H2,43,44,52)/t22-,23+,25?,26-,28+,29+,39+/m0/s1. The number of nitrogens with two attached hydrogens (primary N) is 1. The minimum Gasteiger partial charge on any atom is -0.363 e. The largest absolute Gasteiger partial charge is 0.363 e. The van der Waals surface area contributed by atoms with Crippen molar-refractivity contribution < 1.29 is 28.8 Å². The Balaban J connectivity index is 1.39. The van der Waals surface area contributed by atoms with Gasteiger partial charge < -0.3 is 36.8 Å². The lowest BCUT2D eigenvalue weighted by molar-refractivity contribution is -0.143. The topological polar surface area (TPSA) is 183 Å². The molecule has 0 aromatic heterocycles. The van der Waals surface area contributed by atoms with E-state index >= 15 is 0 Å². The van der Waals surface area contributed by atoms with Crippen LogP contribution in [0.1, 0.15) is 121 Å². The molecule has 0 aromatic carbocycles. The summed E-state index contributed by atoms with van der Waals surface area (Å²) in [5.41, 5.74) is 3.65. The Hall–Kier alpha value is -3.22. The first-order chi connectivity index (χ1) is 24.0. The quantitative estimate of drug-likeness (QED) is 0.215. The highest BCUT2D eigenvalue weighted by atomic mass is 16.2. The molecule has 292 valence electrons. The summed E-state index contributed by atoms with van der Waals surface area (Å²) in [6, 6.07) is -4.26. The number of piperazine rings is 1. The number of ketones is 1. The monoisotopic (exact) mass is 727 g/mol. The van der Waals surface area contributed by atoms with E-state index in [2.05, 4.69) is 35.1 Å². The molecule has 2 saturated heterocycles. The maximum atomic E-state index is 14.9. The number of carbonyl (C=O) groups is 6. The number of hydrogen-bond donors (Lipinski definition) is 5. The molecule has 0 radical (unpaired) electrons. The van der Waals surface area contributed by atoms with Crippen LogP contribution in [0.15, 0.2) is 0 Å². The molecule has 52 heavy (non-hydrogen) atoms. The van der Waals surface area contributed by atoms with Crippen molar-refractivity contribution in [2.24, 2.45) is 38.7 Å². The van der Waals surface area contributed by atoms with E-state index in [0.717, 1.165) is 38.5 Å². The third kappa shape index (κ3) is 7.07. The van der Waals surface area contributed by atoms with Gasteiger partial charge in [0, 0.05) is 37.1 Å². The molecule has 13 heteroatoms. The average molecular weight is 728 g/mol. The Morgan fingerprint density at radius 3 is 1.77 bits per heavy atom. The highest BCUT2D eigenvalue weighted by molar-refractivity contribution is 6.37. The summed E-state index contributed by atoms with van der Waals surface area (Å²) in [4.78, 5) is 85.3. The van der Waals surface area contributed by atoms with Gasteiger partial charge in [-0.3, -0.25) is 24.0 Å². The number of Topliss-reactive ketones (excluding diaryl/α,β-unsaturated/α-hetero) is 1. The number of urea groups is 1. The van der Waals surface area contributed by atoms with Gasteiger partial charge >= 0.3 is 6.03 Å². The molecule has 6 amide bonds. The fourth-order valence-electron chi connectivity index (χ4n) is 10.3. The molecule has 2 aliphatic heterocycles. The third-order valence-corrected chi connectivity index (χ3v) is 13.7. The van der Waals surface area contributed by atoms with Crippen molar-refractivity contribution in [3.8, 4) is 0 Å². The normalized spacial score (nSPS) is 29.7. The van der Waals surface area contributed by atoms with Crippen molar-refractivity contribution in [1.29, 1.82) is 0 Å². The van der Waals surface area contributed by atoms with Crippen LogP contribution in [0.25, 0.3) is 0 Å². The Morgan fingerprint density at radius 2 is 1.35 bits per heavy atom. The van der Waals surface area contributed by atoms with E-state index in [1.165, 1.54) is 0 Å². The second-order valence-electron chi connectivity index (χ2n) is 19.6. The first-order valence-electron chi connectivity index (χ1n) is 19.5. The predicted octanol–water partition coefficient (Wildman–Crippen LogP) is 2.85. The highest BCUT2D eigenvalue weighted by Crippen LogP contribution is 2.88. The third-order valence-electron chi connectivity index (χ3n) is 13.7. The van der Waals surface area contributed by atoms with Gasteiger partial charge in [-0.15, -0.1) is 0 Å². The summed E-state index contributed by atoms with van der Waals surface area (Å²) in [6.45, 7) is 21.2. The van der Waals surface area contributed by atoms with E-state index in [4.69, 9.17) is 5.73 Å². The zero-order valence-electron chi connectivity index (χ0n) is 33.2. The molecule has 1 unspecified atom stereocenters. The van der Waals surface area contributed by atoms with Crippen LogP contribution in [-0.4, -0.2) is 101 Å². The summed E-state index contributed by atoms with van der Waals surface area (Å²) >= 11 is 0. The van der Waals surface area contributed by atoms with E-state index in [1.807, 2.05) is 55.4 Å². The lowest BCUT2D eigenvalue weighted by Gasteiger charge is -2.41. The number of rotatable bonds is 10. The number of nitrogens with one attached hydrogen (secondary N) is 4. The fourth-order valence-corrected chi connectivity index (χ4v) is 10.3. The van der Waals surface area contributed by atoms with E-state index in [9.17, 15) is 28.8 Å². The Morgan fingerprint density at radius 1 is 0.808 bits per heavy atom. The van der Waals surface area contributed by atoms with Crippen molar-refractivity contribution in [1.82, 2.24) is 31.1 Å². The number of fused-ring (bicyclic) bond motifs is 1. The summed E-state index contributed by atoms with van der Waals surface area (Å²) < 4.78 is 0. The number of amides is 6. The Bertz CT molecular complexity index is 1450. The lowest BCUT2D eigenvalue weighted by atomic mass is 9.73. The van der Waals surface area contributed by atoms with Crippen LogP contribution in [0.2, 0.25) is 0 Å². The molecule has 0 aromatic rings. The van der Waals surface area contributed by atoms with Crippen LogP contribution in [0.4, 0.5) is 4.79 Å². The minimum atomic E-state index is -1.09. The molecule has 3 saturated carbocycles. The first kappa shape index (κ1) is 40.0. The SMILES string of the molecule is C[C@@H]1CN(C(=O)[C@@H](NC(=O)N[C@H](C(=O)N2C[C@]3(C[C@H]2C(=O)NC(CC2CCC2)C(=O)C(N)=O)C(C)(C)C32CCC2)C(C)(C)C)C(C)(C)C)C[C@H](C)N1. The molecule has 5 rings (SSSR count). The lowest BCUT2D eigenvalue weighted by Crippen LogP contribution is -2.64. The Labute approximate surface area is 310 Å². The molecule has 6 N–H and O–H groups in total. The van der Waals surface area contributed by atoms with Crippen molar-refractivity contribution in [3.05, 3.63) is 0 Å². The molecule has 2 heterocycles. The van der Waals surface area contributed by atoms with Crippen LogP contribution < -0.4 is 27.0 Å². The number of primary amides is 1. The van der Waals surface area contributed by atoms with Gasteiger partial charge in [0.1, 0.15) is 18.1 Å². The number of carbonyl (C=O) groups excluding carboxylic acids is 6. The molecule has 5 aliphatic rings. The number of hydrogen-bond acceptors (Lipinski definition) is 7. The second kappa shape index (κ2) is 13.9. The number of nitrogens with zero attached hydrogens (tertiary/aromatic N) is 2. The zero-order chi connectivity index (χ0) is 38.8. The first-order valence-corrected chi connectivity index (χ1v) is 19.5. The van der Waals surface area contributed by atoms with Gasteiger partial charge in [-0.1, -0.05) is 81.1 Å². The van der Waals surface area contributed by atoms with E-state index < -0.39 is 64.5 Å². The van der Waals surface area contributed by atoms with Crippen LogP contribution >= 0.6 is 0 Å². The molecule has 5 fully saturated rings. The summed E-state index contributed by atoms with van der Waals surface area (Å²) in [5.74, 6) is -2.74. The van der Waals surface area contributed by atoms with E-state index in [0.29, 0.717) is 32.5 Å². The number of likely N-dealkylation sites (tertiary alicyclic amines) is 1. The minimum absolute atomic E-state index is 0.0171. The van der Waals surface area contributed by atoms with Crippen molar-refractivity contribution in [2.75, 3.05) is 19.6 Å². The molecule has 0 bridgehead atoms. The van der Waals surface area contributed by atoms with Crippen molar-refractivity contribution in [2.45, 2.75) is 157 Å². The van der Waals surface area contributed by atoms with E-state index in [-0.39, 0.29) is 40.2 Å². The van der Waals surface area contributed by atoms with E-state index in [1.54, 1.807) is 9.80 Å². The van der Waals surface area contributed by atoms with Gasteiger partial charge in [-0.2, -0.15) is 0 Å². The molecular weight excluding hydrogens is 662 g/mol. The van der Waals surface area contributed by atoms with Crippen LogP contribution in [0.3, 0.4) is 0 Å². The van der Waals surface area contributed by atoms with Gasteiger partial charge in [-0.25, -0.2) is 4.79 Å². The average Bonchev–Trinajstić information content (AvgIpc) is 3.19. The van der Waals surface area contributed by atoms with Gasteiger partial charge in [0.2, 0.25) is 23.5 Å². The van der Waals surface area contributed by atoms with Crippen LogP contribution in [0.5, 0.6) is 0 Å². The maximum absolute atomic E-state index is 14.9. The van der Waals surface area contributed by atoms with Gasteiger partial charge in [0.05, 0.1) is 6.04 Å². The van der Waals surface area contributed by atoms with Gasteiger partial charge in [-0.05, 0) is 67.1 Å². The highest BCUT2D eigenvalue weighted by Gasteiger charge is 2.85. The molecular formula is C39H65N7O6. The summed E-state index contributed by atoms with van der Waals surface area (Å²) in [7, 11) is 0. The molecule has 7 atom stereocenters. The summed E-state index contributed by atoms with van der Waals surface area (Å²) in [6.07, 6.45) is 6.79. The van der Waals surface area contributed by atoms with Crippen LogP contribution in [0, 0.1) is 33.0 Å². The van der Waals surface area contributed by atoms with Gasteiger partial charge in [0.25, 0.3) is 5.91 Å². The van der Waals surface area contributed by atoms with Crippen molar-refractivity contribution in [3.63, 3.8) is 0 Å². The molecule has 2 spiro atoms. The fraction of sp³-hybridized carbons (Fsp3) is 0.846. The smallest absolute Gasteiger partial charge is 0.316 e. The second-order valence-corrected chi connectivity index (χ2v) is 19.6. The summed E-state index contributed by atoms with van der Waals surface area (Å²) in [5, 5.41) is 12.2. The molecule has 3 aliphatic carbocycles. The maximum Gasteiger partial charge on any atom is 0.316 e. The Kier molecular flexibility index (Phi) is 10.7. The zero-order valence-corrected chi connectivity index (χ0v) is 33.2.